The SMILES string of the molecule is CSc1ncc(Cl)c(C(=O)Sc2ccccc2)n1. The molecule has 0 saturated carbocycles. The van der Waals surface area contributed by atoms with Gasteiger partial charge in [0, 0.05) is 4.90 Å². The second-order valence-corrected chi connectivity index (χ2v) is 5.48. The van der Waals surface area contributed by atoms with Gasteiger partial charge in [-0.2, -0.15) is 0 Å². The lowest BCUT2D eigenvalue weighted by Gasteiger charge is -2.03. The van der Waals surface area contributed by atoms with E-state index in [0.29, 0.717) is 5.16 Å². The highest BCUT2D eigenvalue weighted by Crippen LogP contribution is 2.26. The highest BCUT2D eigenvalue weighted by molar-refractivity contribution is 8.14. The molecular weight excluding hydrogens is 288 g/mol. The van der Waals surface area contributed by atoms with E-state index in [4.69, 9.17) is 11.6 Å². The highest BCUT2D eigenvalue weighted by atomic mass is 35.5. The number of halogens is 1. The number of rotatable bonds is 3. The average molecular weight is 297 g/mol. The quantitative estimate of drug-likeness (QED) is 0.637. The molecule has 0 aliphatic carbocycles. The van der Waals surface area contributed by atoms with E-state index in [2.05, 4.69) is 9.97 Å². The first-order chi connectivity index (χ1) is 8.70. The molecule has 3 nitrogen and oxygen atoms in total. The molecule has 0 radical (unpaired) electrons. The van der Waals surface area contributed by atoms with Gasteiger partial charge < -0.3 is 0 Å². The van der Waals surface area contributed by atoms with E-state index in [0.717, 1.165) is 16.7 Å². The second-order valence-electron chi connectivity index (χ2n) is 3.26. The third-order valence-corrected chi connectivity index (χ3v) is 3.78. The molecule has 1 aromatic carbocycles. The molecule has 2 rings (SSSR count). The number of hydrogen-bond donors (Lipinski definition) is 0. The minimum absolute atomic E-state index is 0.177. The van der Waals surface area contributed by atoms with E-state index in [1.54, 1.807) is 0 Å². The molecule has 1 heterocycles. The second kappa shape index (κ2) is 6.22. The van der Waals surface area contributed by atoms with Crippen molar-refractivity contribution in [1.29, 1.82) is 0 Å². The number of hydrogen-bond acceptors (Lipinski definition) is 5. The van der Waals surface area contributed by atoms with Crippen LogP contribution < -0.4 is 0 Å². The Morgan fingerprint density at radius 3 is 2.67 bits per heavy atom. The van der Waals surface area contributed by atoms with Crippen LogP contribution in [0.1, 0.15) is 10.5 Å². The summed E-state index contributed by atoms with van der Waals surface area (Å²) in [7, 11) is 0. The molecule has 0 atom stereocenters. The Kier molecular flexibility index (Phi) is 4.63. The summed E-state index contributed by atoms with van der Waals surface area (Å²) in [6.45, 7) is 0. The topological polar surface area (TPSA) is 42.9 Å². The summed E-state index contributed by atoms with van der Waals surface area (Å²) in [4.78, 5) is 21.1. The molecule has 0 spiro atoms. The summed E-state index contributed by atoms with van der Waals surface area (Å²) in [6.07, 6.45) is 3.31. The van der Waals surface area contributed by atoms with Gasteiger partial charge in [0.05, 0.1) is 11.2 Å². The zero-order chi connectivity index (χ0) is 13.0. The van der Waals surface area contributed by atoms with Gasteiger partial charge in [-0.3, -0.25) is 4.79 Å². The van der Waals surface area contributed by atoms with E-state index in [-0.39, 0.29) is 15.8 Å². The van der Waals surface area contributed by atoms with Crippen LogP contribution in [0.4, 0.5) is 0 Å². The third kappa shape index (κ3) is 3.25. The van der Waals surface area contributed by atoms with Crippen LogP contribution in [0, 0.1) is 0 Å². The maximum Gasteiger partial charge on any atom is 0.244 e. The van der Waals surface area contributed by atoms with Gasteiger partial charge in [-0.15, -0.1) is 0 Å². The molecule has 0 aliphatic heterocycles. The molecule has 0 bridgehead atoms. The lowest BCUT2D eigenvalue weighted by atomic mass is 10.4. The molecule has 0 amide bonds. The van der Waals surface area contributed by atoms with Gasteiger partial charge in [0.2, 0.25) is 5.12 Å². The fourth-order valence-electron chi connectivity index (χ4n) is 1.24. The summed E-state index contributed by atoms with van der Waals surface area (Å²) in [5.74, 6) is 0. The van der Waals surface area contributed by atoms with Crippen LogP contribution in [-0.4, -0.2) is 21.3 Å². The van der Waals surface area contributed by atoms with E-state index < -0.39 is 0 Å². The van der Waals surface area contributed by atoms with Gasteiger partial charge >= 0.3 is 0 Å². The average Bonchev–Trinajstić information content (AvgIpc) is 2.40. The van der Waals surface area contributed by atoms with Gasteiger partial charge in [-0.05, 0) is 30.2 Å². The standard InChI is InChI=1S/C12H9ClN2OS2/c1-17-12-14-7-9(13)10(15-12)11(16)18-8-5-3-2-4-6-8/h2-7H,1H3. The van der Waals surface area contributed by atoms with Gasteiger partial charge in [-0.25, -0.2) is 9.97 Å². The van der Waals surface area contributed by atoms with Gasteiger partial charge in [0.25, 0.3) is 0 Å². The van der Waals surface area contributed by atoms with Crippen LogP contribution in [-0.2, 0) is 0 Å². The van der Waals surface area contributed by atoms with Crippen LogP contribution in [0.15, 0.2) is 46.6 Å². The van der Waals surface area contributed by atoms with Gasteiger partial charge in [0.1, 0.15) is 5.69 Å². The number of carbonyl (C=O) groups is 1. The predicted octanol–water partition coefficient (Wildman–Crippen LogP) is 3.78. The lowest BCUT2D eigenvalue weighted by molar-refractivity contribution is 0.108. The van der Waals surface area contributed by atoms with Crippen LogP contribution in [0.3, 0.4) is 0 Å². The van der Waals surface area contributed by atoms with Crippen LogP contribution in [0.2, 0.25) is 5.02 Å². The summed E-state index contributed by atoms with van der Waals surface area (Å²) in [5.41, 5.74) is 0.255. The molecule has 2 aromatic rings. The monoisotopic (exact) mass is 296 g/mol. The normalized spacial score (nSPS) is 10.3. The van der Waals surface area contributed by atoms with Crippen molar-refractivity contribution < 1.29 is 4.79 Å². The first-order valence-electron chi connectivity index (χ1n) is 5.04. The fourth-order valence-corrected chi connectivity index (χ4v) is 2.57. The maximum atomic E-state index is 12.1. The molecule has 18 heavy (non-hydrogen) atoms. The zero-order valence-corrected chi connectivity index (χ0v) is 11.9. The Morgan fingerprint density at radius 1 is 1.28 bits per heavy atom. The molecule has 0 fully saturated rings. The van der Waals surface area contributed by atoms with Gasteiger partial charge in [0.15, 0.2) is 5.16 Å². The third-order valence-electron chi connectivity index (χ3n) is 2.05. The van der Waals surface area contributed by atoms with Crippen molar-refractivity contribution >= 4 is 40.2 Å². The minimum Gasteiger partial charge on any atom is -0.279 e. The van der Waals surface area contributed by atoms with Crippen LogP contribution >= 0.6 is 35.1 Å². The van der Waals surface area contributed by atoms with E-state index in [1.165, 1.54) is 18.0 Å². The van der Waals surface area contributed by atoms with Crippen molar-refractivity contribution in [2.45, 2.75) is 10.1 Å². The Bertz CT molecular complexity index is 563. The molecule has 0 aliphatic rings. The highest BCUT2D eigenvalue weighted by Gasteiger charge is 2.15. The maximum absolute atomic E-state index is 12.1. The predicted molar refractivity (Wildman–Crippen MR) is 75.5 cm³/mol. The number of thioether (sulfide) groups is 2. The van der Waals surface area contributed by atoms with Crippen molar-refractivity contribution in [3.05, 3.63) is 47.2 Å². The summed E-state index contributed by atoms with van der Waals surface area (Å²) in [5, 5.41) is 0.640. The summed E-state index contributed by atoms with van der Waals surface area (Å²) in [6, 6.07) is 9.40. The molecule has 6 heteroatoms. The molecule has 0 saturated heterocycles. The molecule has 1 aromatic heterocycles. The number of nitrogens with zero attached hydrogens (tertiary/aromatic N) is 2. The van der Waals surface area contributed by atoms with E-state index in [1.807, 2.05) is 36.6 Å². The van der Waals surface area contributed by atoms with Crippen LogP contribution in [0.25, 0.3) is 0 Å². The fraction of sp³-hybridized carbons (Fsp3) is 0.0833. The molecule has 92 valence electrons. The number of aromatic nitrogens is 2. The summed E-state index contributed by atoms with van der Waals surface area (Å²) >= 11 is 8.43. The van der Waals surface area contributed by atoms with E-state index >= 15 is 0 Å². The van der Waals surface area contributed by atoms with Crippen molar-refractivity contribution in [2.24, 2.45) is 0 Å². The Balaban J connectivity index is 2.23. The van der Waals surface area contributed by atoms with Gasteiger partial charge in [-0.1, -0.05) is 41.6 Å². The van der Waals surface area contributed by atoms with Crippen molar-refractivity contribution in [2.75, 3.05) is 6.26 Å². The number of benzene rings is 1. The Labute approximate surface area is 118 Å². The molecule has 0 N–H and O–H groups in total. The lowest BCUT2D eigenvalue weighted by Crippen LogP contribution is -2.01. The van der Waals surface area contributed by atoms with Crippen molar-refractivity contribution in [1.82, 2.24) is 9.97 Å². The van der Waals surface area contributed by atoms with E-state index in [9.17, 15) is 4.79 Å². The summed E-state index contributed by atoms with van der Waals surface area (Å²) < 4.78 is 0. The minimum atomic E-state index is -0.177. The van der Waals surface area contributed by atoms with Crippen molar-refractivity contribution in [3.8, 4) is 0 Å². The number of carbonyl (C=O) groups excluding carboxylic acids is 1. The van der Waals surface area contributed by atoms with Crippen molar-refractivity contribution in [3.63, 3.8) is 0 Å². The smallest absolute Gasteiger partial charge is 0.244 e. The molecular formula is C12H9ClN2OS2. The Morgan fingerprint density at radius 2 is 2.00 bits per heavy atom. The van der Waals surface area contributed by atoms with Crippen LogP contribution in [0.5, 0.6) is 0 Å². The zero-order valence-electron chi connectivity index (χ0n) is 9.46. The largest absolute Gasteiger partial charge is 0.279 e. The molecule has 0 unspecified atom stereocenters. The Hall–Kier alpha value is -1.04. The first kappa shape index (κ1) is 13.4. The first-order valence-corrected chi connectivity index (χ1v) is 7.46.